The number of benzene rings is 1. The minimum atomic E-state index is -1.58. The van der Waals surface area contributed by atoms with Crippen LogP contribution < -0.4 is 16.0 Å². The highest BCUT2D eigenvalue weighted by molar-refractivity contribution is 5.95. The number of aliphatic hydroxyl groups excluding tert-OH is 9. The largest absolute Gasteiger partial charge is 0.396 e. The Morgan fingerprint density at radius 1 is 0.657 bits per heavy atom. The van der Waals surface area contributed by atoms with Crippen LogP contribution in [0.25, 0.3) is 0 Å². The lowest BCUT2D eigenvalue weighted by Gasteiger charge is -2.32. The topological polar surface area (TPSA) is 328 Å². The summed E-state index contributed by atoms with van der Waals surface area (Å²) in [5.74, 6) is -0.526. The maximum Gasteiger partial charge on any atom is 0.246 e. The monoisotopic (exact) mass is 967 g/mol. The molecule has 67 heavy (non-hydrogen) atoms. The molecule has 0 heterocycles. The van der Waals surface area contributed by atoms with Crippen molar-refractivity contribution in [3.05, 3.63) is 29.8 Å². The second-order valence-corrected chi connectivity index (χ2v) is 17.4. The van der Waals surface area contributed by atoms with E-state index in [1.54, 1.807) is 24.3 Å². The SMILES string of the molecule is CC(C)(COCCC(=O)NCCCC[C@H](NC=O)C(=O)Nc1ccc(CO)cc1)OCC(C)(C)OCCOCCOCCOCCN(CC(O)C(O)C(O)CCO)CC(O)C(O)C(O)CCO. The van der Waals surface area contributed by atoms with Gasteiger partial charge in [-0.3, -0.25) is 19.3 Å². The molecule has 12 N–H and O–H groups in total. The number of rotatable bonds is 43. The minimum absolute atomic E-state index is 0.104. The quantitative estimate of drug-likeness (QED) is 0.0244. The van der Waals surface area contributed by atoms with Crippen LogP contribution >= 0.6 is 0 Å². The van der Waals surface area contributed by atoms with Gasteiger partial charge in [0.15, 0.2) is 0 Å². The average molecular weight is 967 g/mol. The van der Waals surface area contributed by atoms with Gasteiger partial charge < -0.3 is 90.3 Å². The highest BCUT2D eigenvalue weighted by Gasteiger charge is 2.30. The van der Waals surface area contributed by atoms with Crippen LogP contribution in [0.4, 0.5) is 5.69 Å². The van der Waals surface area contributed by atoms with Gasteiger partial charge in [0.2, 0.25) is 18.2 Å². The molecular weight excluding hydrogens is 885 g/mol. The predicted molar refractivity (Wildman–Crippen MR) is 245 cm³/mol. The van der Waals surface area contributed by atoms with E-state index in [0.29, 0.717) is 69.9 Å². The van der Waals surface area contributed by atoms with Gasteiger partial charge in [0.1, 0.15) is 18.2 Å². The second kappa shape index (κ2) is 36.0. The van der Waals surface area contributed by atoms with Crippen LogP contribution in [-0.4, -0.2) is 228 Å². The summed E-state index contributed by atoms with van der Waals surface area (Å²) in [5.41, 5.74) is -0.00698. The number of carbonyl (C=O) groups excluding carboxylic acids is 3. The van der Waals surface area contributed by atoms with E-state index in [1.807, 2.05) is 27.7 Å². The molecule has 0 aromatic heterocycles. The summed E-state index contributed by atoms with van der Waals surface area (Å²) >= 11 is 0. The molecule has 22 nitrogen and oxygen atoms in total. The van der Waals surface area contributed by atoms with E-state index in [9.17, 15) is 50.1 Å². The molecule has 0 aliphatic carbocycles. The van der Waals surface area contributed by atoms with E-state index in [0.717, 1.165) is 0 Å². The van der Waals surface area contributed by atoms with E-state index in [1.165, 1.54) is 4.90 Å². The summed E-state index contributed by atoms with van der Waals surface area (Å²) in [6.07, 6.45) is -6.90. The van der Waals surface area contributed by atoms with Gasteiger partial charge in [0.05, 0.1) is 108 Å². The first kappa shape index (κ1) is 62.0. The fourth-order valence-corrected chi connectivity index (χ4v) is 6.25. The Balaban J connectivity index is 2.21. The molecule has 390 valence electrons. The zero-order valence-electron chi connectivity index (χ0n) is 39.8. The predicted octanol–water partition coefficient (Wildman–Crippen LogP) is -2.20. The van der Waals surface area contributed by atoms with Gasteiger partial charge in [-0.05, 0) is 77.5 Å². The average Bonchev–Trinajstić information content (AvgIpc) is 3.29. The van der Waals surface area contributed by atoms with Gasteiger partial charge in [-0.15, -0.1) is 0 Å². The molecule has 0 spiro atoms. The van der Waals surface area contributed by atoms with E-state index < -0.39 is 67.1 Å². The number of hydrogen-bond acceptors (Lipinski definition) is 19. The van der Waals surface area contributed by atoms with Crippen molar-refractivity contribution in [1.82, 2.24) is 15.5 Å². The Hall–Kier alpha value is -3.01. The first-order valence-electron chi connectivity index (χ1n) is 23.0. The number of hydrogen-bond donors (Lipinski definition) is 12. The van der Waals surface area contributed by atoms with E-state index in [-0.39, 0.29) is 97.0 Å². The van der Waals surface area contributed by atoms with Crippen molar-refractivity contribution in [1.29, 1.82) is 0 Å². The summed E-state index contributed by atoms with van der Waals surface area (Å²) in [6, 6.07) is 6.01. The molecule has 1 aromatic rings. The molecule has 0 fully saturated rings. The van der Waals surface area contributed by atoms with E-state index >= 15 is 0 Å². The van der Waals surface area contributed by atoms with Crippen LogP contribution in [-0.2, 0) is 49.4 Å². The number of carbonyl (C=O) groups is 3. The molecule has 0 aliphatic heterocycles. The number of aliphatic hydroxyl groups is 9. The molecule has 1 rings (SSSR count). The van der Waals surface area contributed by atoms with Crippen molar-refractivity contribution in [2.45, 2.75) is 127 Å². The lowest BCUT2D eigenvalue weighted by Crippen LogP contribution is -2.50. The zero-order chi connectivity index (χ0) is 50.1. The van der Waals surface area contributed by atoms with Crippen molar-refractivity contribution >= 4 is 23.9 Å². The third-order valence-corrected chi connectivity index (χ3v) is 10.3. The molecular formula is C45H82N4O18. The smallest absolute Gasteiger partial charge is 0.246 e. The molecule has 0 bridgehead atoms. The summed E-state index contributed by atoms with van der Waals surface area (Å²) < 4.78 is 34.5. The molecule has 1 aromatic carbocycles. The Bertz CT molecular complexity index is 1400. The molecule has 0 saturated heterocycles. The summed E-state index contributed by atoms with van der Waals surface area (Å²) in [5, 5.41) is 96.6. The maximum atomic E-state index is 12.6. The van der Waals surface area contributed by atoms with Gasteiger partial charge in [-0.25, -0.2) is 0 Å². The third-order valence-electron chi connectivity index (χ3n) is 10.3. The summed E-state index contributed by atoms with van der Waals surface area (Å²) in [6.45, 7) is 9.32. The normalized spacial score (nSPS) is 15.4. The van der Waals surface area contributed by atoms with Crippen LogP contribution in [0.3, 0.4) is 0 Å². The second-order valence-electron chi connectivity index (χ2n) is 17.4. The lowest BCUT2D eigenvalue weighted by molar-refractivity contribution is -0.146. The standard InChI is InChI=1S/C45H82N4O18/c1-44(2,30-65-19-14-40(58)46-15-6-5-7-35(47-32-53)43(61)48-34-10-8-33(29-52)9-11-34)67-31-45(3,4)66-26-25-64-24-23-63-22-21-62-20-16-49(27-38(56)41(59)36(54)12-17-50)28-39(57)42(60)37(55)13-18-51/h8-11,32,35-39,41-42,50-52,54-57,59-60H,5-7,12-31H2,1-4H3,(H,46,58)(H,47,53)(H,48,61)/t35-,36?,37?,38?,39?,41?,42?/m0/s1. The van der Waals surface area contributed by atoms with Gasteiger partial charge >= 0.3 is 0 Å². The maximum absolute atomic E-state index is 12.6. The number of anilines is 1. The van der Waals surface area contributed by atoms with E-state index in [2.05, 4.69) is 16.0 Å². The Kier molecular flexibility index (Phi) is 33.3. The lowest BCUT2D eigenvalue weighted by atomic mass is 10.0. The zero-order valence-corrected chi connectivity index (χ0v) is 39.8. The van der Waals surface area contributed by atoms with Crippen LogP contribution in [0.15, 0.2) is 24.3 Å². The van der Waals surface area contributed by atoms with Gasteiger partial charge in [0.25, 0.3) is 0 Å². The molecule has 0 radical (unpaired) electrons. The number of unbranched alkanes of at least 4 members (excludes halogenated alkanes) is 1. The van der Waals surface area contributed by atoms with Crippen molar-refractivity contribution < 1.29 is 88.8 Å². The molecule has 22 heteroatoms. The Morgan fingerprint density at radius 3 is 1.73 bits per heavy atom. The van der Waals surface area contributed by atoms with Crippen molar-refractivity contribution in [2.75, 3.05) is 111 Å². The van der Waals surface area contributed by atoms with Crippen molar-refractivity contribution in [2.24, 2.45) is 0 Å². The summed E-state index contributed by atoms with van der Waals surface area (Å²) in [4.78, 5) is 37.5. The fraction of sp³-hybridized carbons (Fsp3) is 0.800. The van der Waals surface area contributed by atoms with Crippen LogP contribution in [0.5, 0.6) is 0 Å². The van der Waals surface area contributed by atoms with Crippen LogP contribution in [0, 0.1) is 0 Å². The molecule has 7 atom stereocenters. The Morgan fingerprint density at radius 2 is 1.19 bits per heavy atom. The summed E-state index contributed by atoms with van der Waals surface area (Å²) in [7, 11) is 0. The molecule has 6 unspecified atom stereocenters. The molecule has 0 saturated carbocycles. The van der Waals surface area contributed by atoms with Crippen LogP contribution in [0.2, 0.25) is 0 Å². The number of ether oxygens (including phenoxy) is 6. The number of nitrogens with zero attached hydrogens (tertiary/aromatic N) is 1. The first-order valence-corrected chi connectivity index (χ1v) is 23.0. The number of nitrogens with one attached hydrogen (secondary N) is 3. The van der Waals surface area contributed by atoms with Gasteiger partial charge in [-0.1, -0.05) is 12.1 Å². The minimum Gasteiger partial charge on any atom is -0.396 e. The third kappa shape index (κ3) is 29.6. The first-order chi connectivity index (χ1) is 31.9. The highest BCUT2D eigenvalue weighted by Crippen LogP contribution is 2.17. The molecule has 0 aliphatic rings. The number of amides is 3. The fourth-order valence-electron chi connectivity index (χ4n) is 6.25. The molecule has 3 amide bonds. The van der Waals surface area contributed by atoms with E-state index in [4.69, 9.17) is 38.6 Å². The van der Waals surface area contributed by atoms with Crippen molar-refractivity contribution in [3.8, 4) is 0 Å². The van der Waals surface area contributed by atoms with Crippen LogP contribution in [0.1, 0.15) is 71.8 Å². The van der Waals surface area contributed by atoms with Gasteiger partial charge in [-0.2, -0.15) is 0 Å². The van der Waals surface area contributed by atoms with Crippen molar-refractivity contribution in [3.63, 3.8) is 0 Å². The Labute approximate surface area is 394 Å². The highest BCUT2D eigenvalue weighted by atomic mass is 16.6. The van der Waals surface area contributed by atoms with Gasteiger partial charge in [0, 0.05) is 51.5 Å².